The highest BCUT2D eigenvalue weighted by Gasteiger charge is 2.36. The lowest BCUT2D eigenvalue weighted by molar-refractivity contribution is -0.384. The second-order valence-corrected chi connectivity index (χ2v) is 7.08. The fourth-order valence-corrected chi connectivity index (χ4v) is 3.79. The minimum Gasteiger partial charge on any atom is -0.457 e. The number of furan rings is 1. The van der Waals surface area contributed by atoms with E-state index in [0.717, 1.165) is 0 Å². The summed E-state index contributed by atoms with van der Waals surface area (Å²) in [6.07, 6.45) is -0.610. The predicted octanol–water partition coefficient (Wildman–Crippen LogP) is 5.63. The number of hydrogen-bond donors (Lipinski definition) is 1. The van der Waals surface area contributed by atoms with Gasteiger partial charge in [0.1, 0.15) is 11.5 Å². The minimum absolute atomic E-state index is 0.0404. The average Bonchev–Trinajstić information content (AvgIpc) is 3.29. The molecule has 1 atom stereocenters. The van der Waals surface area contributed by atoms with Crippen molar-refractivity contribution in [1.29, 1.82) is 0 Å². The number of para-hydroxylation sites is 3. The van der Waals surface area contributed by atoms with E-state index in [1.54, 1.807) is 41.3 Å². The lowest BCUT2D eigenvalue weighted by Gasteiger charge is -2.36. The Morgan fingerprint density at radius 3 is 2.29 bits per heavy atom. The molecule has 1 aliphatic rings. The molecule has 0 fully saturated rings. The van der Waals surface area contributed by atoms with Gasteiger partial charge in [0.2, 0.25) is 0 Å². The van der Waals surface area contributed by atoms with Gasteiger partial charge in [0.25, 0.3) is 11.6 Å². The minimum atomic E-state index is -0.610. The number of nitrogens with zero attached hydrogens (tertiary/aromatic N) is 2. The van der Waals surface area contributed by atoms with Crippen molar-refractivity contribution in [3.8, 4) is 11.3 Å². The van der Waals surface area contributed by atoms with E-state index in [1.165, 1.54) is 6.07 Å². The molecule has 152 valence electrons. The first-order chi connectivity index (χ1) is 15.1. The molecule has 1 aliphatic heterocycles. The maximum atomic E-state index is 13.4. The molecule has 1 amide bonds. The van der Waals surface area contributed by atoms with Crippen LogP contribution in [0.25, 0.3) is 11.3 Å². The summed E-state index contributed by atoms with van der Waals surface area (Å²) < 4.78 is 6.05. The summed E-state index contributed by atoms with van der Waals surface area (Å²) in [7, 11) is 0. The number of fused-ring (bicyclic) bond motifs is 1. The molecular weight excluding hydrogens is 394 g/mol. The maximum Gasteiger partial charge on any atom is 0.280 e. The number of hydrogen-bond acceptors (Lipinski definition) is 5. The number of nitrogens with one attached hydrogen (secondary N) is 1. The molecule has 5 rings (SSSR count). The average molecular weight is 411 g/mol. The van der Waals surface area contributed by atoms with Gasteiger partial charge < -0.3 is 9.73 Å². The largest absolute Gasteiger partial charge is 0.457 e. The van der Waals surface area contributed by atoms with Gasteiger partial charge in [0.15, 0.2) is 6.17 Å². The molecule has 31 heavy (non-hydrogen) atoms. The van der Waals surface area contributed by atoms with Crippen molar-refractivity contribution < 1.29 is 14.1 Å². The molecule has 0 bridgehead atoms. The number of carbonyl (C=O) groups excluding carboxylic acids is 1. The smallest absolute Gasteiger partial charge is 0.280 e. The summed E-state index contributed by atoms with van der Waals surface area (Å²) in [5.41, 5.74) is 2.32. The van der Waals surface area contributed by atoms with Crippen LogP contribution in [0.2, 0.25) is 0 Å². The molecule has 0 radical (unpaired) electrons. The van der Waals surface area contributed by atoms with Gasteiger partial charge >= 0.3 is 0 Å². The lowest BCUT2D eigenvalue weighted by atomic mass is 10.1. The van der Waals surface area contributed by atoms with Crippen LogP contribution in [0.1, 0.15) is 22.3 Å². The Hall–Kier alpha value is -4.39. The Morgan fingerprint density at radius 2 is 1.52 bits per heavy atom. The highest BCUT2D eigenvalue weighted by Crippen LogP contribution is 2.39. The van der Waals surface area contributed by atoms with Crippen molar-refractivity contribution in [1.82, 2.24) is 0 Å². The van der Waals surface area contributed by atoms with Crippen LogP contribution in [0.4, 0.5) is 17.1 Å². The quantitative estimate of drug-likeness (QED) is 0.347. The van der Waals surface area contributed by atoms with Gasteiger partial charge in [-0.25, -0.2) is 0 Å². The molecule has 0 spiro atoms. The topological polar surface area (TPSA) is 88.6 Å². The summed E-state index contributed by atoms with van der Waals surface area (Å²) in [6, 6.07) is 26.4. The van der Waals surface area contributed by atoms with Crippen LogP contribution < -0.4 is 10.2 Å². The Labute approximate surface area is 177 Å². The van der Waals surface area contributed by atoms with Gasteiger partial charge in [0.05, 0.1) is 16.1 Å². The van der Waals surface area contributed by atoms with E-state index < -0.39 is 11.1 Å². The third-order valence-electron chi connectivity index (χ3n) is 5.22. The van der Waals surface area contributed by atoms with Gasteiger partial charge in [-0.2, -0.15) is 0 Å². The molecule has 7 nitrogen and oxygen atoms in total. The van der Waals surface area contributed by atoms with Gasteiger partial charge in [-0.15, -0.1) is 0 Å². The lowest BCUT2D eigenvalue weighted by Crippen LogP contribution is -2.43. The first-order valence-corrected chi connectivity index (χ1v) is 9.71. The highest BCUT2D eigenvalue weighted by molar-refractivity contribution is 6.12. The molecule has 4 aromatic rings. The van der Waals surface area contributed by atoms with E-state index in [9.17, 15) is 14.9 Å². The number of amides is 1. The molecule has 0 saturated heterocycles. The van der Waals surface area contributed by atoms with Crippen molar-refractivity contribution in [3.05, 3.63) is 112 Å². The normalized spacial score (nSPS) is 15.3. The van der Waals surface area contributed by atoms with Crippen LogP contribution in [-0.4, -0.2) is 10.8 Å². The number of rotatable bonds is 4. The first-order valence-electron chi connectivity index (χ1n) is 9.71. The number of carbonyl (C=O) groups is 1. The molecule has 0 saturated carbocycles. The van der Waals surface area contributed by atoms with Crippen molar-refractivity contribution in [2.45, 2.75) is 6.17 Å². The summed E-state index contributed by atoms with van der Waals surface area (Å²) in [5.74, 6) is 0.678. The number of benzene rings is 3. The first kappa shape index (κ1) is 18.6. The third-order valence-corrected chi connectivity index (χ3v) is 5.22. The molecule has 7 heteroatoms. The molecule has 1 N–H and O–H groups in total. The fraction of sp³-hybridized carbons (Fsp3) is 0.0417. The fourth-order valence-electron chi connectivity index (χ4n) is 3.79. The van der Waals surface area contributed by atoms with Crippen LogP contribution in [-0.2, 0) is 0 Å². The van der Waals surface area contributed by atoms with E-state index in [-0.39, 0.29) is 11.6 Å². The molecule has 2 heterocycles. The van der Waals surface area contributed by atoms with Gasteiger partial charge in [-0.05, 0) is 42.5 Å². The van der Waals surface area contributed by atoms with Gasteiger partial charge in [0, 0.05) is 17.4 Å². The van der Waals surface area contributed by atoms with Gasteiger partial charge in [-0.3, -0.25) is 19.8 Å². The summed E-state index contributed by atoms with van der Waals surface area (Å²) in [6.45, 7) is 0. The van der Waals surface area contributed by atoms with Crippen molar-refractivity contribution in [2.75, 3.05) is 10.2 Å². The Balaban J connectivity index is 1.61. The van der Waals surface area contributed by atoms with Crippen molar-refractivity contribution in [3.63, 3.8) is 0 Å². The van der Waals surface area contributed by atoms with E-state index >= 15 is 0 Å². The second-order valence-electron chi connectivity index (χ2n) is 7.08. The Kier molecular flexibility index (Phi) is 4.48. The SMILES string of the molecule is O=C1c2ccccc2NC(c2ccc(-c3ccccc3[N+](=O)[O-])o2)N1c1ccccc1. The Bertz CT molecular complexity index is 1280. The standard InChI is InChI=1S/C24H17N3O4/c28-24-17-10-4-6-12-19(17)25-23(26(24)16-8-2-1-3-9-16)22-15-14-21(31-22)18-11-5-7-13-20(18)27(29)30/h1-15,23,25H. The zero-order valence-electron chi connectivity index (χ0n) is 16.3. The monoisotopic (exact) mass is 411 g/mol. The molecular formula is C24H17N3O4. The van der Waals surface area contributed by atoms with E-state index in [1.807, 2.05) is 48.5 Å². The van der Waals surface area contributed by atoms with Crippen LogP contribution in [0.3, 0.4) is 0 Å². The number of nitro groups is 1. The predicted molar refractivity (Wildman–Crippen MR) is 117 cm³/mol. The van der Waals surface area contributed by atoms with Crippen LogP contribution >= 0.6 is 0 Å². The second kappa shape index (κ2) is 7.46. The van der Waals surface area contributed by atoms with Gasteiger partial charge in [-0.1, -0.05) is 42.5 Å². The van der Waals surface area contributed by atoms with E-state index in [4.69, 9.17) is 4.42 Å². The highest BCUT2D eigenvalue weighted by atomic mass is 16.6. The summed E-state index contributed by atoms with van der Waals surface area (Å²) in [5, 5.41) is 14.8. The molecule has 0 aliphatic carbocycles. The van der Waals surface area contributed by atoms with E-state index in [0.29, 0.717) is 34.0 Å². The zero-order chi connectivity index (χ0) is 21.4. The zero-order valence-corrected chi connectivity index (χ0v) is 16.3. The van der Waals surface area contributed by atoms with Crippen LogP contribution in [0.15, 0.2) is 95.4 Å². The number of nitro benzene ring substituents is 1. The van der Waals surface area contributed by atoms with Crippen LogP contribution in [0, 0.1) is 10.1 Å². The number of anilines is 2. The van der Waals surface area contributed by atoms with Crippen molar-refractivity contribution in [2.24, 2.45) is 0 Å². The van der Waals surface area contributed by atoms with Crippen LogP contribution in [0.5, 0.6) is 0 Å². The third kappa shape index (κ3) is 3.22. The summed E-state index contributed by atoms with van der Waals surface area (Å²) >= 11 is 0. The maximum absolute atomic E-state index is 13.4. The molecule has 1 aromatic heterocycles. The Morgan fingerprint density at radius 1 is 0.839 bits per heavy atom. The molecule has 1 unspecified atom stereocenters. The van der Waals surface area contributed by atoms with Crippen molar-refractivity contribution >= 4 is 23.0 Å². The summed E-state index contributed by atoms with van der Waals surface area (Å²) in [4.78, 5) is 26.0. The molecule has 3 aromatic carbocycles. The van der Waals surface area contributed by atoms with E-state index in [2.05, 4.69) is 5.32 Å².